The highest BCUT2D eigenvalue weighted by molar-refractivity contribution is 7.10. The Morgan fingerprint density at radius 2 is 1.97 bits per heavy atom. The van der Waals surface area contributed by atoms with Gasteiger partial charge in [-0.1, -0.05) is 25.5 Å². The fraction of sp³-hybridized carbons (Fsp3) is 0.200. The van der Waals surface area contributed by atoms with Crippen molar-refractivity contribution in [3.8, 4) is 23.3 Å². The minimum atomic E-state index is -0.489. The Hall–Kier alpha value is -3.76. The molecule has 32 heavy (non-hydrogen) atoms. The van der Waals surface area contributed by atoms with Crippen LogP contribution in [0.5, 0.6) is 17.2 Å². The van der Waals surface area contributed by atoms with Crippen LogP contribution in [0.2, 0.25) is 0 Å². The van der Waals surface area contributed by atoms with E-state index in [1.807, 2.05) is 17.5 Å². The van der Waals surface area contributed by atoms with Crippen LogP contribution in [0.4, 0.5) is 0 Å². The number of nitrogens with zero attached hydrogens (tertiary/aromatic N) is 1. The van der Waals surface area contributed by atoms with Gasteiger partial charge in [0.2, 0.25) is 5.88 Å². The number of unbranched alkanes of at least 4 members (excludes halogenated alkanes) is 1. The van der Waals surface area contributed by atoms with Crippen LogP contribution < -0.4 is 19.9 Å². The largest absolute Gasteiger partial charge is 0.494 e. The number of carbonyl (C=O) groups is 1. The van der Waals surface area contributed by atoms with Crippen molar-refractivity contribution in [1.29, 1.82) is 5.26 Å². The first-order valence-corrected chi connectivity index (χ1v) is 11.2. The summed E-state index contributed by atoms with van der Waals surface area (Å²) in [6.07, 6.45) is 2.04. The molecule has 162 valence electrons. The van der Waals surface area contributed by atoms with Crippen molar-refractivity contribution in [2.24, 2.45) is 5.73 Å². The van der Waals surface area contributed by atoms with Crippen molar-refractivity contribution in [3.63, 3.8) is 0 Å². The van der Waals surface area contributed by atoms with Gasteiger partial charge in [-0.2, -0.15) is 5.26 Å². The zero-order chi connectivity index (χ0) is 22.5. The molecule has 0 spiro atoms. The Kier molecular flexibility index (Phi) is 6.43. The van der Waals surface area contributed by atoms with E-state index in [9.17, 15) is 10.1 Å². The minimum Gasteiger partial charge on any atom is -0.494 e. The third kappa shape index (κ3) is 4.46. The number of hydrogen-bond acceptors (Lipinski definition) is 7. The highest BCUT2D eigenvalue weighted by Crippen LogP contribution is 2.44. The highest BCUT2D eigenvalue weighted by atomic mass is 32.1. The molecule has 0 aliphatic carbocycles. The van der Waals surface area contributed by atoms with Crippen LogP contribution in [0, 0.1) is 11.3 Å². The lowest BCUT2D eigenvalue weighted by Gasteiger charge is -2.25. The molecule has 1 aliphatic heterocycles. The van der Waals surface area contributed by atoms with Gasteiger partial charge >= 0.3 is 5.97 Å². The summed E-state index contributed by atoms with van der Waals surface area (Å²) in [7, 11) is 0. The second-order valence-corrected chi connectivity index (χ2v) is 8.24. The van der Waals surface area contributed by atoms with Gasteiger partial charge in [0.05, 0.1) is 18.1 Å². The number of nitriles is 1. The van der Waals surface area contributed by atoms with Crippen LogP contribution in [0.3, 0.4) is 0 Å². The first-order chi connectivity index (χ1) is 15.6. The number of allylic oxidation sites excluding steroid dienone is 1. The van der Waals surface area contributed by atoms with E-state index < -0.39 is 5.97 Å². The van der Waals surface area contributed by atoms with Gasteiger partial charge in [-0.15, -0.1) is 11.3 Å². The number of carbonyl (C=O) groups excluding carboxylic acids is 1. The Balaban J connectivity index is 1.52. The van der Waals surface area contributed by atoms with Gasteiger partial charge in [-0.3, -0.25) is 0 Å². The molecule has 0 amide bonds. The summed E-state index contributed by atoms with van der Waals surface area (Å²) in [4.78, 5) is 13.6. The molecule has 6 nitrogen and oxygen atoms in total. The molecular weight excluding hydrogens is 424 g/mol. The van der Waals surface area contributed by atoms with Crippen molar-refractivity contribution >= 4 is 17.3 Å². The summed E-state index contributed by atoms with van der Waals surface area (Å²) >= 11 is 1.54. The standard InChI is InChI=1S/C25H22N2O4S/c1-2-3-12-29-17-8-6-16(7-9-17)25(28)30-18-10-11-19-21(14-18)31-24(27)20(15-26)23(19)22-5-4-13-32-22/h4-11,13-14,23H,2-3,12,27H2,1H3. The van der Waals surface area contributed by atoms with Crippen LogP contribution in [0.1, 0.15) is 46.5 Å². The lowest BCUT2D eigenvalue weighted by atomic mass is 9.88. The van der Waals surface area contributed by atoms with Crippen molar-refractivity contribution in [1.82, 2.24) is 0 Å². The molecule has 0 saturated heterocycles. The Morgan fingerprint density at radius 3 is 2.66 bits per heavy atom. The molecule has 1 unspecified atom stereocenters. The molecular formula is C25H22N2O4S. The summed E-state index contributed by atoms with van der Waals surface area (Å²) in [5.41, 5.74) is 7.60. The zero-order valence-corrected chi connectivity index (χ0v) is 18.4. The van der Waals surface area contributed by atoms with Crippen LogP contribution in [0.25, 0.3) is 0 Å². The average Bonchev–Trinajstić information content (AvgIpc) is 3.33. The van der Waals surface area contributed by atoms with E-state index in [1.54, 1.807) is 53.8 Å². The molecule has 2 aromatic carbocycles. The van der Waals surface area contributed by atoms with E-state index in [0.717, 1.165) is 23.3 Å². The maximum Gasteiger partial charge on any atom is 0.343 e. The molecule has 0 saturated carbocycles. The van der Waals surface area contributed by atoms with E-state index in [2.05, 4.69) is 13.0 Å². The number of esters is 1. The van der Waals surface area contributed by atoms with E-state index in [4.69, 9.17) is 19.9 Å². The van der Waals surface area contributed by atoms with Crippen LogP contribution in [-0.4, -0.2) is 12.6 Å². The van der Waals surface area contributed by atoms with E-state index in [-0.39, 0.29) is 11.8 Å². The summed E-state index contributed by atoms with van der Waals surface area (Å²) < 4.78 is 16.8. The fourth-order valence-electron chi connectivity index (χ4n) is 3.43. The smallest absolute Gasteiger partial charge is 0.343 e. The van der Waals surface area contributed by atoms with Gasteiger partial charge < -0.3 is 19.9 Å². The van der Waals surface area contributed by atoms with Crippen molar-refractivity contribution in [3.05, 3.63) is 87.4 Å². The maximum atomic E-state index is 12.6. The molecule has 7 heteroatoms. The molecule has 0 radical (unpaired) electrons. The SMILES string of the molecule is CCCCOc1ccc(C(=O)Oc2ccc3c(c2)OC(N)=C(C#N)C3c2cccs2)cc1. The molecule has 1 aromatic heterocycles. The monoisotopic (exact) mass is 446 g/mol. The second kappa shape index (κ2) is 9.58. The van der Waals surface area contributed by atoms with Crippen molar-refractivity contribution < 1.29 is 19.0 Å². The van der Waals surface area contributed by atoms with Gasteiger partial charge in [0.15, 0.2) is 0 Å². The summed E-state index contributed by atoms with van der Waals surface area (Å²) in [5.74, 6) is 0.763. The first kappa shape index (κ1) is 21.5. The summed E-state index contributed by atoms with van der Waals surface area (Å²) in [6.45, 7) is 2.75. The summed E-state index contributed by atoms with van der Waals surface area (Å²) in [5, 5.41) is 11.5. The molecule has 4 rings (SSSR count). The quantitative estimate of drug-likeness (QED) is 0.298. The number of hydrogen-bond donors (Lipinski definition) is 1. The normalized spacial score (nSPS) is 14.8. The molecule has 2 N–H and O–H groups in total. The van der Waals surface area contributed by atoms with Crippen LogP contribution in [-0.2, 0) is 0 Å². The third-order valence-corrected chi connectivity index (χ3v) is 6.02. The molecule has 0 fully saturated rings. The predicted molar refractivity (Wildman–Crippen MR) is 122 cm³/mol. The van der Waals surface area contributed by atoms with Gasteiger partial charge in [0.25, 0.3) is 0 Å². The average molecular weight is 447 g/mol. The lowest BCUT2D eigenvalue weighted by Crippen LogP contribution is -2.20. The number of ether oxygens (including phenoxy) is 3. The number of fused-ring (bicyclic) bond motifs is 1. The van der Waals surface area contributed by atoms with Crippen molar-refractivity contribution in [2.75, 3.05) is 6.61 Å². The zero-order valence-electron chi connectivity index (χ0n) is 17.5. The van der Waals surface area contributed by atoms with Gasteiger partial charge in [0.1, 0.15) is 28.9 Å². The van der Waals surface area contributed by atoms with Gasteiger partial charge in [-0.25, -0.2) is 4.79 Å². The number of thiophene rings is 1. The summed E-state index contributed by atoms with van der Waals surface area (Å²) in [6, 6.07) is 18.0. The number of rotatable bonds is 7. The van der Waals surface area contributed by atoms with E-state index in [0.29, 0.717) is 35.0 Å². The highest BCUT2D eigenvalue weighted by Gasteiger charge is 2.31. The molecule has 3 aromatic rings. The lowest BCUT2D eigenvalue weighted by molar-refractivity contribution is 0.0734. The fourth-order valence-corrected chi connectivity index (χ4v) is 4.29. The predicted octanol–water partition coefficient (Wildman–Crippen LogP) is 5.36. The van der Waals surface area contributed by atoms with Crippen LogP contribution >= 0.6 is 11.3 Å². The Morgan fingerprint density at radius 1 is 1.19 bits per heavy atom. The minimum absolute atomic E-state index is 0.0561. The van der Waals surface area contributed by atoms with Crippen molar-refractivity contribution in [2.45, 2.75) is 25.7 Å². The number of benzene rings is 2. The Bertz CT molecular complexity index is 1180. The Labute approximate surface area is 190 Å². The number of nitrogens with two attached hydrogens (primary N) is 1. The molecule has 0 bridgehead atoms. The molecule has 1 aliphatic rings. The maximum absolute atomic E-state index is 12.6. The van der Waals surface area contributed by atoms with Gasteiger partial charge in [0, 0.05) is 16.5 Å². The van der Waals surface area contributed by atoms with Crippen LogP contribution in [0.15, 0.2) is 71.4 Å². The topological polar surface area (TPSA) is 94.6 Å². The first-order valence-electron chi connectivity index (χ1n) is 10.3. The molecule has 1 atom stereocenters. The third-order valence-electron chi connectivity index (χ3n) is 5.09. The van der Waals surface area contributed by atoms with E-state index >= 15 is 0 Å². The van der Waals surface area contributed by atoms with E-state index in [1.165, 1.54) is 0 Å². The molecule has 2 heterocycles. The van der Waals surface area contributed by atoms with Gasteiger partial charge in [-0.05, 0) is 48.2 Å². The second-order valence-electron chi connectivity index (χ2n) is 7.26.